The van der Waals surface area contributed by atoms with Crippen LogP contribution in [0.3, 0.4) is 0 Å². The molecule has 0 fully saturated rings. The lowest BCUT2D eigenvalue weighted by Gasteiger charge is -2.26. The molecule has 96 valence electrons. The van der Waals surface area contributed by atoms with Gasteiger partial charge >= 0.3 is 6.18 Å². The zero-order valence-electron chi connectivity index (χ0n) is 10.6. The van der Waals surface area contributed by atoms with E-state index in [4.69, 9.17) is 0 Å². The lowest BCUT2D eigenvalue weighted by atomic mass is 9.81. The van der Waals surface area contributed by atoms with Crippen molar-refractivity contribution < 1.29 is 13.2 Å². The van der Waals surface area contributed by atoms with Gasteiger partial charge in [0, 0.05) is 0 Å². The highest BCUT2D eigenvalue weighted by Crippen LogP contribution is 2.40. The maximum absolute atomic E-state index is 12.7. The van der Waals surface area contributed by atoms with E-state index in [9.17, 15) is 13.2 Å². The normalized spacial score (nSPS) is 19.1. The second-order valence-corrected chi connectivity index (χ2v) is 4.17. The summed E-state index contributed by atoms with van der Waals surface area (Å²) in [7, 11) is 0. The molecule has 0 radical (unpaired) electrons. The summed E-state index contributed by atoms with van der Waals surface area (Å²) < 4.78 is 38.2. The molecule has 0 nitrogen and oxygen atoms in total. The fraction of sp³-hybridized carbons (Fsp3) is 0.571. The Balaban J connectivity index is 0.000000686. The monoisotopic (exact) mass is 244 g/mol. The molecule has 0 heterocycles. The summed E-state index contributed by atoms with van der Waals surface area (Å²) in [5.74, 6) is 0.0339. The van der Waals surface area contributed by atoms with E-state index in [-0.39, 0.29) is 5.92 Å². The van der Waals surface area contributed by atoms with Crippen LogP contribution in [-0.2, 0) is 12.6 Å². The molecule has 1 aliphatic carbocycles. The Morgan fingerprint density at radius 2 is 1.82 bits per heavy atom. The molecule has 17 heavy (non-hydrogen) atoms. The Bertz CT molecular complexity index is 366. The van der Waals surface area contributed by atoms with Crippen molar-refractivity contribution in [3.8, 4) is 0 Å². The molecule has 0 N–H and O–H groups in total. The van der Waals surface area contributed by atoms with Crippen molar-refractivity contribution in [2.75, 3.05) is 0 Å². The smallest absolute Gasteiger partial charge is 0.166 e. The van der Waals surface area contributed by atoms with Gasteiger partial charge in [-0.2, -0.15) is 13.2 Å². The van der Waals surface area contributed by atoms with Crippen LogP contribution in [-0.4, -0.2) is 0 Å². The van der Waals surface area contributed by atoms with Gasteiger partial charge in [-0.25, -0.2) is 0 Å². The van der Waals surface area contributed by atoms with Crippen molar-refractivity contribution in [1.82, 2.24) is 0 Å². The van der Waals surface area contributed by atoms with Crippen LogP contribution in [0.5, 0.6) is 0 Å². The largest absolute Gasteiger partial charge is 0.416 e. The Hall–Kier alpha value is -0.990. The Morgan fingerprint density at radius 1 is 1.18 bits per heavy atom. The summed E-state index contributed by atoms with van der Waals surface area (Å²) in [6, 6.07) is 4.53. The number of alkyl halides is 3. The highest BCUT2D eigenvalue weighted by Gasteiger charge is 2.36. The molecule has 1 unspecified atom stereocenters. The van der Waals surface area contributed by atoms with Crippen molar-refractivity contribution in [2.24, 2.45) is 0 Å². The molecule has 1 atom stereocenters. The summed E-state index contributed by atoms with van der Waals surface area (Å²) >= 11 is 0. The first-order valence-electron chi connectivity index (χ1n) is 6.19. The minimum atomic E-state index is -4.21. The highest BCUT2D eigenvalue weighted by atomic mass is 19.4. The quantitative estimate of drug-likeness (QED) is 0.590. The first kappa shape index (κ1) is 14.1. The van der Waals surface area contributed by atoms with Crippen LogP contribution in [0, 0.1) is 0 Å². The van der Waals surface area contributed by atoms with Crippen molar-refractivity contribution in [3.63, 3.8) is 0 Å². The van der Waals surface area contributed by atoms with Crippen LogP contribution in [0.15, 0.2) is 18.2 Å². The van der Waals surface area contributed by atoms with Gasteiger partial charge in [-0.3, -0.25) is 0 Å². The second kappa shape index (κ2) is 5.56. The second-order valence-electron chi connectivity index (χ2n) is 4.17. The third kappa shape index (κ3) is 3.02. The lowest BCUT2D eigenvalue weighted by Crippen LogP contribution is -2.16. The molecule has 0 saturated carbocycles. The van der Waals surface area contributed by atoms with Gasteiger partial charge in [0.15, 0.2) is 0 Å². The average molecular weight is 244 g/mol. The van der Waals surface area contributed by atoms with Gasteiger partial charge in [0.25, 0.3) is 0 Å². The summed E-state index contributed by atoms with van der Waals surface area (Å²) in [5, 5.41) is 0. The molecule has 0 amide bonds. The summed E-state index contributed by atoms with van der Waals surface area (Å²) in [6.45, 7) is 5.88. The maximum Gasteiger partial charge on any atom is 0.416 e. The van der Waals surface area contributed by atoms with Crippen LogP contribution in [0.25, 0.3) is 0 Å². The van der Waals surface area contributed by atoms with E-state index < -0.39 is 11.7 Å². The predicted molar refractivity (Wildman–Crippen MR) is 64.1 cm³/mol. The van der Waals surface area contributed by atoms with E-state index in [0.717, 1.165) is 24.8 Å². The van der Waals surface area contributed by atoms with Crippen molar-refractivity contribution in [3.05, 3.63) is 34.9 Å². The lowest BCUT2D eigenvalue weighted by molar-refractivity contribution is -0.138. The molecular weight excluding hydrogens is 225 g/mol. The molecule has 0 saturated heterocycles. The summed E-state index contributed by atoms with van der Waals surface area (Å²) in [6.07, 6.45) is -1.57. The molecule has 1 aromatic carbocycles. The third-order valence-electron chi connectivity index (χ3n) is 3.08. The highest BCUT2D eigenvalue weighted by molar-refractivity contribution is 5.41. The van der Waals surface area contributed by atoms with Gasteiger partial charge in [-0.05, 0) is 42.4 Å². The van der Waals surface area contributed by atoms with Gasteiger partial charge in [0.2, 0.25) is 0 Å². The third-order valence-corrected chi connectivity index (χ3v) is 3.08. The van der Waals surface area contributed by atoms with Crippen molar-refractivity contribution >= 4 is 0 Å². The van der Waals surface area contributed by atoms with Gasteiger partial charge in [0.1, 0.15) is 0 Å². The molecule has 0 bridgehead atoms. The predicted octanol–water partition coefficient (Wildman–Crippen LogP) is 5.17. The molecular formula is C14H19F3. The molecule has 0 aliphatic heterocycles. The molecule has 1 aliphatic rings. The van der Waals surface area contributed by atoms with E-state index in [1.807, 2.05) is 26.8 Å². The maximum atomic E-state index is 12.7. The number of hydrogen-bond acceptors (Lipinski definition) is 0. The standard InChI is InChI=1S/C12H13F3.C2H6/c1-8-4-2-5-9-6-3-7-10(11(8)9)12(13,14)15;1-2/h3,6-8H,2,4-5H2,1H3;1-2H3. The number of rotatable bonds is 0. The molecule has 1 aromatic rings. The van der Waals surface area contributed by atoms with Gasteiger partial charge < -0.3 is 0 Å². The molecule has 0 spiro atoms. The first-order chi connectivity index (χ1) is 8.00. The van der Waals surface area contributed by atoms with Crippen molar-refractivity contribution in [2.45, 2.75) is 52.1 Å². The SMILES string of the molecule is CC.CC1CCCc2cccc(C(F)(F)F)c21. The van der Waals surface area contributed by atoms with Crippen molar-refractivity contribution in [1.29, 1.82) is 0 Å². The molecule has 2 rings (SSSR count). The number of aryl methyl sites for hydroxylation is 1. The van der Waals surface area contributed by atoms with Crippen LogP contribution >= 0.6 is 0 Å². The molecule has 3 heteroatoms. The Labute approximate surface area is 101 Å². The zero-order valence-corrected chi connectivity index (χ0v) is 10.6. The average Bonchev–Trinajstić information content (AvgIpc) is 2.30. The number of halogens is 3. The Morgan fingerprint density at radius 3 is 2.41 bits per heavy atom. The van der Waals surface area contributed by atoms with E-state index >= 15 is 0 Å². The van der Waals surface area contributed by atoms with Crippen LogP contribution in [0.1, 0.15) is 56.2 Å². The van der Waals surface area contributed by atoms with E-state index in [1.165, 1.54) is 12.1 Å². The van der Waals surface area contributed by atoms with Crippen LogP contribution < -0.4 is 0 Å². The van der Waals surface area contributed by atoms with E-state index in [2.05, 4.69) is 0 Å². The number of benzene rings is 1. The van der Waals surface area contributed by atoms with Crippen LogP contribution in [0.4, 0.5) is 13.2 Å². The summed E-state index contributed by atoms with van der Waals surface area (Å²) in [4.78, 5) is 0. The topological polar surface area (TPSA) is 0 Å². The van der Waals surface area contributed by atoms with Gasteiger partial charge in [-0.15, -0.1) is 0 Å². The number of hydrogen-bond donors (Lipinski definition) is 0. The fourth-order valence-electron chi connectivity index (χ4n) is 2.40. The minimum absolute atomic E-state index is 0.0339. The Kier molecular flexibility index (Phi) is 4.61. The fourth-order valence-corrected chi connectivity index (χ4v) is 2.40. The zero-order chi connectivity index (χ0) is 13.1. The van der Waals surface area contributed by atoms with E-state index in [0.29, 0.717) is 5.56 Å². The first-order valence-corrected chi connectivity index (χ1v) is 6.19. The van der Waals surface area contributed by atoms with Gasteiger partial charge in [-0.1, -0.05) is 32.9 Å². The van der Waals surface area contributed by atoms with Gasteiger partial charge in [0.05, 0.1) is 5.56 Å². The minimum Gasteiger partial charge on any atom is -0.166 e. The van der Waals surface area contributed by atoms with E-state index in [1.54, 1.807) is 0 Å². The van der Waals surface area contributed by atoms with Crippen LogP contribution in [0.2, 0.25) is 0 Å². The summed E-state index contributed by atoms with van der Waals surface area (Å²) in [5.41, 5.74) is 0.965. The number of fused-ring (bicyclic) bond motifs is 1. The molecule has 0 aromatic heterocycles.